The molecule has 37 heavy (non-hydrogen) atoms. The average Bonchev–Trinajstić information content (AvgIpc) is 3.42. The molecule has 0 unspecified atom stereocenters. The zero-order chi connectivity index (χ0) is 26.4. The van der Waals surface area contributed by atoms with Gasteiger partial charge in [-0.2, -0.15) is 0 Å². The number of halogens is 1. The van der Waals surface area contributed by atoms with E-state index in [9.17, 15) is 18.6 Å². The number of ether oxygens (including phenoxy) is 1. The molecule has 2 aliphatic heterocycles. The molecule has 0 radical (unpaired) electrons. The Morgan fingerprint density at radius 3 is 2.70 bits per heavy atom. The lowest BCUT2D eigenvalue weighted by molar-refractivity contribution is 0.107. The lowest BCUT2D eigenvalue weighted by Gasteiger charge is -2.51. The Bertz CT molecular complexity index is 1240. The van der Waals surface area contributed by atoms with Crippen LogP contribution in [0.1, 0.15) is 39.2 Å². The maximum Gasteiger partial charge on any atom is 0.161 e. The minimum absolute atomic E-state index is 0.0563. The van der Waals surface area contributed by atoms with E-state index in [1.807, 2.05) is 26.0 Å². The molecule has 2 fully saturated rings. The zero-order valence-electron chi connectivity index (χ0n) is 21.1. The number of piperidine rings is 1. The average molecular weight is 533 g/mol. The highest BCUT2D eigenvalue weighted by Gasteiger charge is 2.57. The smallest absolute Gasteiger partial charge is 0.161 e. The Morgan fingerprint density at radius 1 is 1.22 bits per heavy atom. The van der Waals surface area contributed by atoms with Gasteiger partial charge in [0.15, 0.2) is 11.5 Å². The van der Waals surface area contributed by atoms with Crippen LogP contribution in [0.4, 0.5) is 15.8 Å². The molecule has 3 heterocycles. The summed E-state index contributed by atoms with van der Waals surface area (Å²) in [7, 11) is -3.51. The van der Waals surface area contributed by atoms with Crippen molar-refractivity contribution >= 4 is 22.3 Å². The van der Waals surface area contributed by atoms with Gasteiger partial charge in [0.25, 0.3) is 0 Å². The molecule has 1 spiro atoms. The van der Waals surface area contributed by atoms with Gasteiger partial charge >= 0.3 is 0 Å². The fraction of sp³-hybridized carbons (Fsp3) is 0.423. The lowest BCUT2D eigenvalue weighted by atomic mass is 9.82. The van der Waals surface area contributed by atoms with E-state index in [2.05, 4.69) is 17.0 Å². The van der Waals surface area contributed by atoms with Crippen LogP contribution in [0, 0.1) is 5.82 Å². The quantitative estimate of drug-likeness (QED) is 0.372. The van der Waals surface area contributed by atoms with Gasteiger partial charge < -0.3 is 14.4 Å². The van der Waals surface area contributed by atoms with Gasteiger partial charge in [0.05, 0.1) is 30.1 Å². The summed E-state index contributed by atoms with van der Waals surface area (Å²) in [4.78, 5) is 2.33. The highest BCUT2D eigenvalue weighted by atomic mass is 32.3. The molecule has 2 aromatic carbocycles. The first-order valence-electron chi connectivity index (χ1n) is 12.3. The maximum atomic E-state index is 14.3. The topological polar surface area (TPSA) is 106 Å². The Kier molecular flexibility index (Phi) is 6.73. The third-order valence-corrected chi connectivity index (χ3v) is 9.11. The van der Waals surface area contributed by atoms with Crippen molar-refractivity contribution in [3.8, 4) is 11.5 Å². The molecule has 3 N–H and O–H groups in total. The van der Waals surface area contributed by atoms with Crippen LogP contribution in [0.3, 0.4) is 0 Å². The summed E-state index contributed by atoms with van der Waals surface area (Å²) in [5.41, 5.74) is 1.25. The first-order valence-corrected chi connectivity index (χ1v) is 13.8. The molecule has 2 aliphatic rings. The van der Waals surface area contributed by atoms with Crippen LogP contribution in [-0.4, -0.2) is 55.0 Å². The van der Waals surface area contributed by atoms with Gasteiger partial charge in [-0.3, -0.25) is 14.0 Å². The van der Waals surface area contributed by atoms with Gasteiger partial charge in [0, 0.05) is 19.1 Å². The first kappa shape index (κ1) is 25.7. The maximum absolute atomic E-state index is 14.3. The molecule has 200 valence electrons. The molecule has 5 rings (SSSR count). The molecule has 1 aromatic heterocycles. The zero-order valence-corrected chi connectivity index (χ0v) is 21.9. The van der Waals surface area contributed by atoms with E-state index in [1.165, 1.54) is 28.9 Å². The molecule has 3 aromatic rings. The fourth-order valence-corrected chi connectivity index (χ4v) is 7.63. The van der Waals surface area contributed by atoms with Crippen molar-refractivity contribution in [1.82, 2.24) is 10.1 Å². The molecule has 0 bridgehead atoms. The van der Waals surface area contributed by atoms with Crippen molar-refractivity contribution in [3.05, 3.63) is 66.3 Å². The highest BCUT2D eigenvalue weighted by molar-refractivity contribution is 8.26. The molecule has 2 atom stereocenters. The van der Waals surface area contributed by atoms with Crippen molar-refractivity contribution in [2.45, 2.75) is 57.8 Å². The number of anilines is 2. The Labute approximate surface area is 217 Å². The van der Waals surface area contributed by atoms with E-state index in [0.29, 0.717) is 49.6 Å². The lowest BCUT2D eigenvalue weighted by Crippen LogP contribution is -2.57. The number of hydrogen-bond donors (Lipinski definition) is 3. The number of hydrogen-bond acceptors (Lipinski definition) is 9. The van der Waals surface area contributed by atoms with Gasteiger partial charge in [-0.25, -0.2) is 13.0 Å². The predicted molar refractivity (Wildman–Crippen MR) is 141 cm³/mol. The van der Waals surface area contributed by atoms with Gasteiger partial charge in [-0.15, -0.1) is 0 Å². The van der Waals surface area contributed by atoms with Crippen LogP contribution in [0.15, 0.2) is 59.4 Å². The first-order chi connectivity index (χ1) is 17.6. The SMILES string of the molecule is CC(C)Oc1cc(CN2CC[C@@]3(C[C@@H]2C)CN(c2cnoc2)S(O)(O)N3c2cccc(F)c2)ccc1O. The van der Waals surface area contributed by atoms with Gasteiger partial charge in [-0.1, -0.05) is 17.3 Å². The minimum Gasteiger partial charge on any atom is -0.504 e. The molecule has 2 saturated heterocycles. The standard InChI is InChI=1S/C26H33FN4O5S/c1-18(2)36-25-11-20(7-8-24(25)32)15-29-10-9-26(13-19(29)3)17-30(23-14-28-35-16-23)37(33,34)31(26)22-6-4-5-21(27)12-22/h4-8,11-12,14,16,18-19,32-34H,9-10,13,15,17H2,1-3H3/t19-,26+/m0/s1. The second-order valence-corrected chi connectivity index (χ2v) is 11.9. The van der Waals surface area contributed by atoms with Gasteiger partial charge in [-0.05, 0) is 80.5 Å². The van der Waals surface area contributed by atoms with Crippen LogP contribution < -0.4 is 13.3 Å². The Hall–Kier alpha value is -2.99. The van der Waals surface area contributed by atoms with Crippen molar-refractivity contribution in [3.63, 3.8) is 0 Å². The number of rotatable bonds is 6. The van der Waals surface area contributed by atoms with Crippen LogP contribution in [0.25, 0.3) is 0 Å². The summed E-state index contributed by atoms with van der Waals surface area (Å²) in [6, 6.07) is 11.5. The third kappa shape index (κ3) is 4.84. The number of benzene rings is 2. The predicted octanol–water partition coefficient (Wildman–Crippen LogP) is 5.64. The van der Waals surface area contributed by atoms with E-state index in [-0.39, 0.29) is 17.9 Å². The number of aromatic hydroxyl groups is 1. The largest absolute Gasteiger partial charge is 0.504 e. The molecule has 0 saturated carbocycles. The Morgan fingerprint density at radius 2 is 2.03 bits per heavy atom. The molecular formula is C26H33FN4O5S. The van der Waals surface area contributed by atoms with Crippen molar-refractivity contribution in [2.24, 2.45) is 0 Å². The van der Waals surface area contributed by atoms with Gasteiger partial charge in [0.2, 0.25) is 0 Å². The van der Waals surface area contributed by atoms with E-state index in [0.717, 1.165) is 5.56 Å². The molecule has 11 heteroatoms. The molecule has 0 aliphatic carbocycles. The molecule has 9 nitrogen and oxygen atoms in total. The van der Waals surface area contributed by atoms with E-state index in [4.69, 9.17) is 9.26 Å². The number of nitrogens with zero attached hydrogens (tertiary/aromatic N) is 4. The van der Waals surface area contributed by atoms with Crippen molar-refractivity contribution in [2.75, 3.05) is 21.7 Å². The number of phenols is 1. The fourth-order valence-electron chi connectivity index (χ4n) is 5.51. The van der Waals surface area contributed by atoms with Crippen LogP contribution >= 0.6 is 11.0 Å². The van der Waals surface area contributed by atoms with Gasteiger partial charge in [0.1, 0.15) is 17.8 Å². The number of aromatic nitrogens is 1. The molecule has 0 amide bonds. The Balaban J connectivity index is 1.43. The highest BCUT2D eigenvalue weighted by Crippen LogP contribution is 2.63. The van der Waals surface area contributed by atoms with E-state index in [1.54, 1.807) is 22.5 Å². The van der Waals surface area contributed by atoms with E-state index < -0.39 is 22.3 Å². The summed E-state index contributed by atoms with van der Waals surface area (Å²) in [6.07, 6.45) is 4.03. The van der Waals surface area contributed by atoms with Crippen LogP contribution in [0.5, 0.6) is 11.5 Å². The second kappa shape index (κ2) is 9.71. The normalized spacial score (nSPS) is 24.7. The molecular weight excluding hydrogens is 499 g/mol. The summed E-state index contributed by atoms with van der Waals surface area (Å²) >= 11 is 0. The monoisotopic (exact) mass is 532 g/mol. The third-order valence-electron chi connectivity index (χ3n) is 7.09. The van der Waals surface area contributed by atoms with Crippen LogP contribution in [0.2, 0.25) is 0 Å². The summed E-state index contributed by atoms with van der Waals surface area (Å²) in [6.45, 7) is 7.61. The summed E-state index contributed by atoms with van der Waals surface area (Å²) < 4.78 is 51.1. The van der Waals surface area contributed by atoms with Crippen molar-refractivity contribution < 1.29 is 27.9 Å². The minimum atomic E-state index is -3.51. The van der Waals surface area contributed by atoms with Crippen LogP contribution in [-0.2, 0) is 6.54 Å². The number of likely N-dealkylation sites (tertiary alicyclic amines) is 1. The van der Waals surface area contributed by atoms with Crippen molar-refractivity contribution in [1.29, 1.82) is 0 Å². The number of phenolic OH excluding ortho intramolecular Hbond substituents is 1. The summed E-state index contributed by atoms with van der Waals surface area (Å²) in [5.74, 6) is 0.127. The summed E-state index contributed by atoms with van der Waals surface area (Å²) in [5, 5.41) is 13.9. The van der Waals surface area contributed by atoms with E-state index >= 15 is 0 Å². The second-order valence-electron chi connectivity index (χ2n) is 10.2.